The van der Waals surface area contributed by atoms with Gasteiger partial charge in [-0.2, -0.15) is 0 Å². The molecular formula is C5H9NOS. The third-order valence-electron chi connectivity index (χ3n) is 1.02. The third kappa shape index (κ3) is 1.23. The highest BCUT2D eigenvalue weighted by atomic mass is 32.2. The maximum atomic E-state index is 10.6. The normalized spacial score (nSPS) is 33.6. The lowest BCUT2D eigenvalue weighted by atomic mass is 10.1. The molecule has 1 heterocycles. The van der Waals surface area contributed by atoms with Crippen molar-refractivity contribution in [1.82, 2.24) is 0 Å². The maximum Gasteiger partial charge on any atom is 0.203 e. The molecule has 3 heteroatoms. The highest BCUT2D eigenvalue weighted by Crippen LogP contribution is 2.17. The molecular weight excluding hydrogens is 122 g/mol. The van der Waals surface area contributed by atoms with Crippen LogP contribution in [0.2, 0.25) is 0 Å². The molecule has 1 unspecified atom stereocenters. The van der Waals surface area contributed by atoms with Crippen LogP contribution in [0, 0.1) is 0 Å². The number of aliphatic imine (C=N–C) groups is 1. The number of nitrogens with zero attached hydrogens (tertiary/aromatic N) is 1. The average molecular weight is 131 g/mol. The number of hydrogen-bond donors (Lipinski definition) is 0. The van der Waals surface area contributed by atoms with Gasteiger partial charge in [0.15, 0.2) is 0 Å². The first-order valence-corrected chi connectivity index (χ1v) is 3.91. The Balaban J connectivity index is 2.58. The van der Waals surface area contributed by atoms with E-state index in [1.807, 2.05) is 13.8 Å². The topological polar surface area (TPSA) is 35.4 Å². The van der Waals surface area contributed by atoms with Crippen LogP contribution in [-0.2, 0) is 11.2 Å². The van der Waals surface area contributed by atoms with Crippen molar-refractivity contribution in [3.63, 3.8) is 0 Å². The first-order chi connectivity index (χ1) is 3.60. The van der Waals surface area contributed by atoms with Crippen molar-refractivity contribution in [3.05, 3.63) is 0 Å². The van der Waals surface area contributed by atoms with Gasteiger partial charge in [-0.1, -0.05) is 0 Å². The second-order valence-corrected chi connectivity index (χ2v) is 3.83. The fraction of sp³-hybridized carbons (Fsp3) is 0.800. The highest BCUT2D eigenvalue weighted by molar-refractivity contribution is 8.04. The first kappa shape index (κ1) is 6.11. The van der Waals surface area contributed by atoms with E-state index in [9.17, 15) is 4.55 Å². The molecule has 0 aromatic carbocycles. The van der Waals surface area contributed by atoms with Crippen LogP contribution in [0.4, 0.5) is 0 Å². The van der Waals surface area contributed by atoms with Gasteiger partial charge in [-0.25, -0.2) is 4.99 Å². The second-order valence-electron chi connectivity index (χ2n) is 2.57. The fourth-order valence-electron chi connectivity index (χ4n) is 0.624. The van der Waals surface area contributed by atoms with Gasteiger partial charge in [0.25, 0.3) is 0 Å². The largest absolute Gasteiger partial charge is 0.611 e. The molecule has 2 nitrogen and oxygen atoms in total. The van der Waals surface area contributed by atoms with Crippen LogP contribution in [0.25, 0.3) is 0 Å². The highest BCUT2D eigenvalue weighted by Gasteiger charge is 2.28. The van der Waals surface area contributed by atoms with Crippen molar-refractivity contribution in [2.24, 2.45) is 4.99 Å². The molecule has 8 heavy (non-hydrogen) atoms. The Morgan fingerprint density at radius 3 is 2.50 bits per heavy atom. The van der Waals surface area contributed by atoms with Crippen molar-refractivity contribution < 1.29 is 4.55 Å². The summed E-state index contributed by atoms with van der Waals surface area (Å²) in [5, 5.41) is 0. The lowest BCUT2D eigenvalue weighted by molar-refractivity contribution is 0.569. The molecule has 1 atom stereocenters. The molecule has 0 fully saturated rings. The van der Waals surface area contributed by atoms with Crippen molar-refractivity contribution in [2.75, 3.05) is 5.75 Å². The van der Waals surface area contributed by atoms with Crippen molar-refractivity contribution in [3.8, 4) is 0 Å². The van der Waals surface area contributed by atoms with Crippen molar-refractivity contribution >= 4 is 16.7 Å². The van der Waals surface area contributed by atoms with Crippen molar-refractivity contribution in [2.45, 2.75) is 19.4 Å². The van der Waals surface area contributed by atoms with E-state index in [4.69, 9.17) is 0 Å². The first-order valence-electron chi connectivity index (χ1n) is 2.53. The van der Waals surface area contributed by atoms with Crippen LogP contribution >= 0.6 is 0 Å². The van der Waals surface area contributed by atoms with Gasteiger partial charge in [0, 0.05) is 0 Å². The Hall–Kier alpha value is -0.0200. The van der Waals surface area contributed by atoms with Crippen LogP contribution in [-0.4, -0.2) is 21.4 Å². The zero-order valence-electron chi connectivity index (χ0n) is 5.05. The molecule has 46 valence electrons. The Morgan fingerprint density at radius 2 is 2.38 bits per heavy atom. The van der Waals surface area contributed by atoms with Crippen molar-refractivity contribution in [1.29, 1.82) is 0 Å². The summed E-state index contributed by atoms with van der Waals surface area (Å²) < 4.78 is 10.6. The Kier molecular flexibility index (Phi) is 1.33. The van der Waals surface area contributed by atoms with Crippen LogP contribution in [0.3, 0.4) is 0 Å². The zero-order valence-corrected chi connectivity index (χ0v) is 5.86. The minimum atomic E-state index is -0.784. The number of rotatable bonds is 0. The maximum absolute atomic E-state index is 10.6. The smallest absolute Gasteiger partial charge is 0.203 e. The Morgan fingerprint density at radius 1 is 1.75 bits per heavy atom. The predicted octanol–water partition coefficient (Wildman–Crippen LogP) is 0.556. The van der Waals surface area contributed by atoms with Gasteiger partial charge in [-0.05, 0) is 25.0 Å². The molecule has 0 aromatic rings. The Labute approximate surface area is 52.2 Å². The summed E-state index contributed by atoms with van der Waals surface area (Å²) in [6.45, 7) is 3.96. The quantitative estimate of drug-likeness (QED) is 0.442. The van der Waals surface area contributed by atoms with E-state index in [0.29, 0.717) is 5.75 Å². The van der Waals surface area contributed by atoms with E-state index in [-0.39, 0.29) is 5.54 Å². The van der Waals surface area contributed by atoms with Crippen LogP contribution in [0.1, 0.15) is 13.8 Å². The molecule has 0 aromatic heterocycles. The lowest BCUT2D eigenvalue weighted by Crippen LogP contribution is -2.20. The molecule has 0 saturated heterocycles. The monoisotopic (exact) mass is 131 g/mol. The molecule has 0 spiro atoms. The minimum Gasteiger partial charge on any atom is -0.611 e. The zero-order chi connectivity index (χ0) is 6.20. The second kappa shape index (κ2) is 1.74. The standard InChI is InChI=1S/C5H9NOS/c1-5(2)3-8(7)4-6-5/h4H,3H2,1-2H3. The molecule has 1 aliphatic heterocycles. The fourth-order valence-corrected chi connectivity index (χ4v) is 1.87. The minimum absolute atomic E-state index is 0.0646. The summed E-state index contributed by atoms with van der Waals surface area (Å²) in [4.78, 5) is 4.02. The van der Waals surface area contributed by atoms with Gasteiger partial charge in [-0.15, -0.1) is 0 Å². The average Bonchev–Trinajstić information content (AvgIpc) is 1.82. The summed E-state index contributed by atoms with van der Waals surface area (Å²) >= 11 is -0.784. The summed E-state index contributed by atoms with van der Waals surface area (Å²) in [7, 11) is 0. The van der Waals surface area contributed by atoms with Gasteiger partial charge < -0.3 is 4.55 Å². The molecule has 0 amide bonds. The molecule has 0 radical (unpaired) electrons. The van der Waals surface area contributed by atoms with Crippen LogP contribution < -0.4 is 0 Å². The summed E-state index contributed by atoms with van der Waals surface area (Å²) in [5.74, 6) is 0.688. The SMILES string of the molecule is CC1(C)C[S+]([O-])C=N1. The summed E-state index contributed by atoms with van der Waals surface area (Å²) in [6, 6.07) is 0. The van der Waals surface area contributed by atoms with E-state index >= 15 is 0 Å². The van der Waals surface area contributed by atoms with Gasteiger partial charge in [0.1, 0.15) is 11.3 Å². The number of hydrogen-bond acceptors (Lipinski definition) is 2. The van der Waals surface area contributed by atoms with Gasteiger partial charge in [-0.3, -0.25) is 0 Å². The molecule has 1 aliphatic rings. The Bertz CT molecular complexity index is 122. The third-order valence-corrected chi connectivity index (χ3v) is 2.35. The molecule has 0 N–H and O–H groups in total. The van der Waals surface area contributed by atoms with Gasteiger partial charge in [0.05, 0.1) is 0 Å². The predicted molar refractivity (Wildman–Crippen MR) is 35.6 cm³/mol. The van der Waals surface area contributed by atoms with E-state index < -0.39 is 11.2 Å². The van der Waals surface area contributed by atoms with Gasteiger partial charge in [0.2, 0.25) is 5.55 Å². The van der Waals surface area contributed by atoms with E-state index in [1.165, 1.54) is 5.55 Å². The van der Waals surface area contributed by atoms with E-state index in [1.54, 1.807) is 0 Å². The molecule has 1 rings (SSSR count). The van der Waals surface area contributed by atoms with Crippen LogP contribution in [0.15, 0.2) is 4.99 Å². The molecule has 0 saturated carbocycles. The summed E-state index contributed by atoms with van der Waals surface area (Å²) in [5.41, 5.74) is 1.46. The summed E-state index contributed by atoms with van der Waals surface area (Å²) in [6.07, 6.45) is 0. The van der Waals surface area contributed by atoms with Crippen LogP contribution in [0.5, 0.6) is 0 Å². The lowest BCUT2D eigenvalue weighted by Gasteiger charge is -2.08. The van der Waals surface area contributed by atoms with Gasteiger partial charge >= 0.3 is 0 Å². The molecule has 0 aliphatic carbocycles. The van der Waals surface area contributed by atoms with E-state index in [0.717, 1.165) is 0 Å². The molecule has 0 bridgehead atoms. The van der Waals surface area contributed by atoms with E-state index in [2.05, 4.69) is 4.99 Å².